The van der Waals surface area contributed by atoms with Crippen LogP contribution in [0.25, 0.3) is 11.3 Å². The van der Waals surface area contributed by atoms with Gasteiger partial charge in [0.15, 0.2) is 0 Å². The number of hydrogen-bond acceptors (Lipinski definition) is 5. The number of primary amides is 1. The lowest BCUT2D eigenvalue weighted by Crippen LogP contribution is -2.41. The van der Waals surface area contributed by atoms with E-state index < -0.39 is 5.91 Å². The van der Waals surface area contributed by atoms with Gasteiger partial charge in [-0.25, -0.2) is 4.68 Å². The molecule has 0 spiro atoms. The first-order valence-corrected chi connectivity index (χ1v) is 12.9. The number of carbonyl (C=O) groups is 2. The van der Waals surface area contributed by atoms with Crippen LogP contribution in [0.3, 0.4) is 0 Å². The number of ether oxygens (including phenoxy) is 1. The fraction of sp³-hybridized carbons (Fsp3) is 0.370. The highest BCUT2D eigenvalue weighted by molar-refractivity contribution is 6.18. The number of alkyl halides is 1. The molecule has 2 aromatic carbocycles. The standard InChI is InChI=1S/C27H30ClN5O3/c28-14-10-23(34)32-16-12-18(13-17-32)22-11-15-30-27-24(26(29)35)25(31-33(22)27)19-6-8-21(9-7-19)36-20-4-2-1-3-5-20/h1-9,18,22,30H,10-17H2,(H2,29,35)/t22-/m1/s1. The van der Waals surface area contributed by atoms with Crippen LogP contribution in [0.5, 0.6) is 11.5 Å². The van der Waals surface area contributed by atoms with E-state index in [0.717, 1.165) is 50.2 Å². The maximum absolute atomic E-state index is 12.5. The van der Waals surface area contributed by atoms with Gasteiger partial charge in [0.1, 0.15) is 28.6 Å². The Morgan fingerprint density at radius 1 is 1.03 bits per heavy atom. The van der Waals surface area contributed by atoms with Crippen molar-refractivity contribution in [3.8, 4) is 22.8 Å². The molecule has 5 rings (SSSR count). The number of nitrogens with zero attached hydrogens (tertiary/aromatic N) is 3. The summed E-state index contributed by atoms with van der Waals surface area (Å²) in [5.41, 5.74) is 7.62. The van der Waals surface area contributed by atoms with Gasteiger partial charge in [0.25, 0.3) is 5.91 Å². The van der Waals surface area contributed by atoms with Crippen molar-refractivity contribution < 1.29 is 14.3 Å². The van der Waals surface area contributed by atoms with Gasteiger partial charge in [0, 0.05) is 37.5 Å². The highest BCUT2D eigenvalue weighted by atomic mass is 35.5. The molecule has 3 heterocycles. The van der Waals surface area contributed by atoms with E-state index >= 15 is 0 Å². The van der Waals surface area contributed by atoms with Crippen LogP contribution in [0.2, 0.25) is 0 Å². The summed E-state index contributed by atoms with van der Waals surface area (Å²) in [6.07, 6.45) is 3.06. The van der Waals surface area contributed by atoms with Crippen molar-refractivity contribution in [2.75, 3.05) is 30.8 Å². The summed E-state index contributed by atoms with van der Waals surface area (Å²) in [7, 11) is 0. The van der Waals surface area contributed by atoms with Gasteiger partial charge in [-0.05, 0) is 61.6 Å². The average molecular weight is 508 g/mol. The van der Waals surface area contributed by atoms with E-state index in [4.69, 9.17) is 27.2 Å². The van der Waals surface area contributed by atoms with Gasteiger partial charge in [-0.2, -0.15) is 5.10 Å². The fourth-order valence-corrected chi connectivity index (χ4v) is 5.42. The minimum absolute atomic E-state index is 0.117. The van der Waals surface area contributed by atoms with Gasteiger partial charge in [0.05, 0.1) is 6.04 Å². The number of para-hydroxylation sites is 1. The first-order valence-electron chi connectivity index (χ1n) is 12.4. The maximum Gasteiger partial charge on any atom is 0.254 e. The number of carbonyl (C=O) groups excluding carboxylic acids is 2. The van der Waals surface area contributed by atoms with Crippen molar-refractivity contribution in [2.24, 2.45) is 11.7 Å². The molecule has 2 amide bonds. The zero-order chi connectivity index (χ0) is 25.1. The molecule has 2 aliphatic heterocycles. The van der Waals surface area contributed by atoms with Crippen LogP contribution in [0.1, 0.15) is 42.1 Å². The van der Waals surface area contributed by atoms with Crippen molar-refractivity contribution in [1.29, 1.82) is 0 Å². The quantitative estimate of drug-likeness (QED) is 0.452. The third kappa shape index (κ3) is 4.91. The van der Waals surface area contributed by atoms with E-state index in [1.807, 2.05) is 64.2 Å². The van der Waals surface area contributed by atoms with Crippen LogP contribution in [0.4, 0.5) is 5.82 Å². The molecule has 0 saturated carbocycles. The number of likely N-dealkylation sites (tertiary alicyclic amines) is 1. The number of benzene rings is 2. The van der Waals surface area contributed by atoms with E-state index in [1.54, 1.807) is 0 Å². The van der Waals surface area contributed by atoms with Crippen LogP contribution < -0.4 is 15.8 Å². The third-order valence-electron chi connectivity index (χ3n) is 7.06. The highest BCUT2D eigenvalue weighted by Gasteiger charge is 2.35. The molecule has 1 aromatic heterocycles. The number of halogens is 1. The Bertz CT molecular complexity index is 1220. The molecule has 188 valence electrons. The normalized spacial score (nSPS) is 17.8. The first-order chi connectivity index (χ1) is 17.5. The lowest BCUT2D eigenvalue weighted by molar-refractivity contribution is -0.132. The largest absolute Gasteiger partial charge is 0.457 e. The molecule has 8 nitrogen and oxygen atoms in total. The van der Waals surface area contributed by atoms with Gasteiger partial charge in [-0.1, -0.05) is 18.2 Å². The van der Waals surface area contributed by atoms with Crippen LogP contribution in [-0.2, 0) is 4.79 Å². The van der Waals surface area contributed by atoms with Gasteiger partial charge >= 0.3 is 0 Å². The van der Waals surface area contributed by atoms with E-state index in [-0.39, 0.29) is 11.9 Å². The van der Waals surface area contributed by atoms with Gasteiger partial charge in [-0.15, -0.1) is 11.6 Å². The summed E-state index contributed by atoms with van der Waals surface area (Å²) in [4.78, 5) is 26.7. The molecule has 3 N–H and O–H groups in total. The molecule has 36 heavy (non-hydrogen) atoms. The number of hydrogen-bond donors (Lipinski definition) is 2. The Morgan fingerprint density at radius 2 is 1.72 bits per heavy atom. The van der Waals surface area contributed by atoms with Crippen molar-refractivity contribution in [1.82, 2.24) is 14.7 Å². The number of piperidine rings is 1. The highest BCUT2D eigenvalue weighted by Crippen LogP contribution is 2.40. The average Bonchev–Trinajstić information content (AvgIpc) is 3.30. The molecule has 0 unspecified atom stereocenters. The minimum Gasteiger partial charge on any atom is -0.457 e. The molecule has 3 aromatic rings. The predicted octanol–water partition coefficient (Wildman–Crippen LogP) is 4.67. The summed E-state index contributed by atoms with van der Waals surface area (Å²) in [6.45, 7) is 2.18. The Hall–Kier alpha value is -3.52. The molecule has 1 atom stereocenters. The van der Waals surface area contributed by atoms with Gasteiger partial charge in [0.2, 0.25) is 5.91 Å². The molecule has 0 bridgehead atoms. The number of aromatic nitrogens is 2. The second-order valence-corrected chi connectivity index (χ2v) is 9.64. The van der Waals surface area contributed by atoms with Crippen molar-refractivity contribution >= 4 is 29.2 Å². The van der Waals surface area contributed by atoms with E-state index in [9.17, 15) is 9.59 Å². The second-order valence-electron chi connectivity index (χ2n) is 9.26. The number of rotatable bonds is 7. The molecular weight excluding hydrogens is 478 g/mol. The predicted molar refractivity (Wildman–Crippen MR) is 139 cm³/mol. The van der Waals surface area contributed by atoms with Gasteiger partial charge < -0.3 is 20.7 Å². The summed E-state index contributed by atoms with van der Waals surface area (Å²) >= 11 is 5.75. The Balaban J connectivity index is 1.38. The summed E-state index contributed by atoms with van der Waals surface area (Å²) in [5.74, 6) is 2.45. The summed E-state index contributed by atoms with van der Waals surface area (Å²) < 4.78 is 7.85. The number of nitrogens with one attached hydrogen (secondary N) is 1. The molecule has 0 radical (unpaired) electrons. The maximum atomic E-state index is 12.5. The molecule has 9 heteroatoms. The second kappa shape index (κ2) is 10.6. The lowest BCUT2D eigenvalue weighted by Gasteiger charge is -2.38. The van der Waals surface area contributed by atoms with Crippen molar-refractivity contribution in [2.45, 2.75) is 31.7 Å². The number of amides is 2. The first kappa shape index (κ1) is 24.2. The monoisotopic (exact) mass is 507 g/mol. The Morgan fingerprint density at radius 3 is 2.39 bits per heavy atom. The van der Waals surface area contributed by atoms with Crippen LogP contribution in [-0.4, -0.2) is 52.0 Å². The van der Waals surface area contributed by atoms with Crippen molar-refractivity contribution in [3.63, 3.8) is 0 Å². The third-order valence-corrected chi connectivity index (χ3v) is 7.24. The van der Waals surface area contributed by atoms with Crippen molar-refractivity contribution in [3.05, 3.63) is 60.2 Å². The molecular formula is C27H30ClN5O3. The zero-order valence-electron chi connectivity index (χ0n) is 20.0. The Kier molecular flexibility index (Phi) is 7.13. The molecule has 0 aliphatic carbocycles. The molecule has 1 saturated heterocycles. The molecule has 2 aliphatic rings. The van der Waals surface area contributed by atoms with Crippen LogP contribution in [0.15, 0.2) is 54.6 Å². The fourth-order valence-electron chi connectivity index (χ4n) is 5.25. The van der Waals surface area contributed by atoms with E-state index in [1.165, 1.54) is 0 Å². The molecule has 1 fully saturated rings. The summed E-state index contributed by atoms with van der Waals surface area (Å²) in [5, 5.41) is 8.27. The summed E-state index contributed by atoms with van der Waals surface area (Å²) in [6, 6.07) is 17.2. The minimum atomic E-state index is -0.509. The SMILES string of the molecule is NC(=O)c1c(-c2ccc(Oc3ccccc3)cc2)nn2c1NCC[C@@H]2C1CCN(C(=O)CCCl)CC1. The zero-order valence-corrected chi connectivity index (χ0v) is 20.8. The van der Waals surface area contributed by atoms with Crippen LogP contribution in [0, 0.1) is 5.92 Å². The van der Waals surface area contributed by atoms with Gasteiger partial charge in [-0.3, -0.25) is 9.59 Å². The van der Waals surface area contributed by atoms with E-state index in [0.29, 0.717) is 41.0 Å². The number of fused-ring (bicyclic) bond motifs is 1. The smallest absolute Gasteiger partial charge is 0.254 e. The van der Waals surface area contributed by atoms with Crippen LogP contribution >= 0.6 is 11.6 Å². The van der Waals surface area contributed by atoms with E-state index in [2.05, 4.69) is 5.32 Å². The topological polar surface area (TPSA) is 102 Å². The lowest BCUT2D eigenvalue weighted by atomic mass is 9.86. The number of nitrogens with two attached hydrogens (primary N) is 1. The Labute approximate surface area is 215 Å². The number of anilines is 1.